The van der Waals surface area contributed by atoms with Crippen LogP contribution in [0.1, 0.15) is 52.0 Å². The lowest BCUT2D eigenvalue weighted by Gasteiger charge is -2.26. The molecule has 0 saturated heterocycles. The van der Waals surface area contributed by atoms with Gasteiger partial charge in [0.2, 0.25) is 0 Å². The van der Waals surface area contributed by atoms with Crippen molar-refractivity contribution in [2.45, 2.75) is 52.4 Å². The largest absolute Gasteiger partial charge is 0.148 e. The molecule has 74 valence electrons. The summed E-state index contributed by atoms with van der Waals surface area (Å²) < 4.78 is 0. The Bertz CT molecular complexity index is 252. The fourth-order valence-corrected chi connectivity index (χ4v) is 2.68. The molecule has 0 unspecified atom stereocenters. The first kappa shape index (κ1) is 10.8. The van der Waals surface area contributed by atoms with Gasteiger partial charge in [-0.25, -0.2) is 0 Å². The van der Waals surface area contributed by atoms with E-state index in [0.717, 1.165) is 0 Å². The van der Waals surface area contributed by atoms with Crippen LogP contribution in [0.2, 0.25) is 0 Å². The lowest BCUT2D eigenvalue weighted by atomic mass is 9.81. The summed E-state index contributed by atoms with van der Waals surface area (Å²) in [4.78, 5) is 1.53. The van der Waals surface area contributed by atoms with Gasteiger partial charge in [-0.05, 0) is 27.8 Å². The number of rotatable bonds is 0. The minimum atomic E-state index is 0.280. The maximum Gasteiger partial charge on any atom is 0.0136 e. The van der Waals surface area contributed by atoms with Gasteiger partial charge in [0.1, 0.15) is 0 Å². The van der Waals surface area contributed by atoms with E-state index >= 15 is 0 Å². The second-order valence-corrected chi connectivity index (χ2v) is 6.58. The molecule has 0 aliphatic heterocycles. The molecule has 0 bridgehead atoms. The van der Waals surface area contributed by atoms with Gasteiger partial charge in [-0.3, -0.25) is 0 Å². The molecule has 1 aromatic rings. The van der Waals surface area contributed by atoms with Gasteiger partial charge >= 0.3 is 0 Å². The van der Waals surface area contributed by atoms with Crippen molar-refractivity contribution in [1.29, 1.82) is 0 Å². The van der Waals surface area contributed by atoms with Crippen molar-refractivity contribution in [3.63, 3.8) is 0 Å². The summed E-state index contributed by atoms with van der Waals surface area (Å²) in [7, 11) is 0. The Morgan fingerprint density at radius 3 is 1.77 bits per heavy atom. The lowest BCUT2D eigenvalue weighted by Crippen LogP contribution is -2.19. The fraction of sp³-hybridized carbons (Fsp3) is 0.667. The van der Waals surface area contributed by atoms with E-state index in [1.807, 2.05) is 11.3 Å². The first-order valence-corrected chi connectivity index (χ1v) is 5.69. The third-order valence-electron chi connectivity index (χ3n) is 2.15. The van der Waals surface area contributed by atoms with Crippen LogP contribution in [0, 0.1) is 0 Å². The molecule has 1 aromatic heterocycles. The SMILES string of the molecule is CC(C)(C)c1ccsc1C(C)(C)C. The van der Waals surface area contributed by atoms with E-state index in [1.54, 1.807) is 0 Å². The fourth-order valence-electron chi connectivity index (χ4n) is 1.48. The van der Waals surface area contributed by atoms with Crippen molar-refractivity contribution >= 4 is 11.3 Å². The van der Waals surface area contributed by atoms with E-state index < -0.39 is 0 Å². The van der Waals surface area contributed by atoms with Crippen molar-refractivity contribution in [3.05, 3.63) is 21.9 Å². The molecule has 0 N–H and O–H groups in total. The minimum absolute atomic E-state index is 0.280. The van der Waals surface area contributed by atoms with Gasteiger partial charge < -0.3 is 0 Å². The summed E-state index contributed by atoms with van der Waals surface area (Å²) in [5.41, 5.74) is 2.07. The summed E-state index contributed by atoms with van der Waals surface area (Å²) >= 11 is 1.88. The third-order valence-corrected chi connectivity index (χ3v) is 3.49. The lowest BCUT2D eigenvalue weighted by molar-refractivity contribution is 0.542. The summed E-state index contributed by atoms with van der Waals surface area (Å²) in [5, 5.41) is 2.21. The quantitative estimate of drug-likeness (QED) is 0.579. The molecule has 0 atom stereocenters. The smallest absolute Gasteiger partial charge is 0.0136 e. The van der Waals surface area contributed by atoms with E-state index in [0.29, 0.717) is 0 Å². The molecule has 1 rings (SSSR count). The van der Waals surface area contributed by atoms with Gasteiger partial charge in [-0.15, -0.1) is 11.3 Å². The summed E-state index contributed by atoms with van der Waals surface area (Å²) in [6, 6.07) is 2.27. The molecular formula is C12H20S. The van der Waals surface area contributed by atoms with E-state index in [9.17, 15) is 0 Å². The Kier molecular flexibility index (Phi) is 2.59. The second-order valence-electron chi connectivity index (χ2n) is 5.66. The normalized spacial score (nSPS) is 13.4. The standard InChI is InChI=1S/C12H20S/c1-11(2,3)9-7-8-13-10(9)12(4,5)6/h7-8H,1-6H3. The highest BCUT2D eigenvalue weighted by molar-refractivity contribution is 7.10. The molecule has 0 fully saturated rings. The van der Waals surface area contributed by atoms with Gasteiger partial charge in [-0.2, -0.15) is 0 Å². The van der Waals surface area contributed by atoms with Crippen molar-refractivity contribution in [1.82, 2.24) is 0 Å². The van der Waals surface area contributed by atoms with Crippen LogP contribution in [-0.2, 0) is 10.8 Å². The molecule has 0 spiro atoms. The Labute approximate surface area is 86.0 Å². The average molecular weight is 196 g/mol. The Morgan fingerprint density at radius 2 is 1.46 bits per heavy atom. The molecule has 0 aliphatic carbocycles. The summed E-state index contributed by atoms with van der Waals surface area (Å²) in [6.07, 6.45) is 0. The van der Waals surface area contributed by atoms with Crippen LogP contribution in [-0.4, -0.2) is 0 Å². The number of hydrogen-bond acceptors (Lipinski definition) is 1. The third kappa shape index (κ3) is 2.34. The van der Waals surface area contributed by atoms with Gasteiger partial charge in [0.05, 0.1) is 0 Å². The van der Waals surface area contributed by atoms with Gasteiger partial charge in [0.15, 0.2) is 0 Å². The van der Waals surface area contributed by atoms with E-state index in [1.165, 1.54) is 10.4 Å². The molecule has 0 amide bonds. The van der Waals surface area contributed by atoms with E-state index in [4.69, 9.17) is 0 Å². The van der Waals surface area contributed by atoms with Crippen LogP contribution in [0.5, 0.6) is 0 Å². The molecular weight excluding hydrogens is 176 g/mol. The molecule has 13 heavy (non-hydrogen) atoms. The zero-order valence-electron chi connectivity index (χ0n) is 9.56. The molecule has 0 saturated carbocycles. The van der Waals surface area contributed by atoms with Crippen molar-refractivity contribution in [3.8, 4) is 0 Å². The van der Waals surface area contributed by atoms with Crippen molar-refractivity contribution < 1.29 is 0 Å². The zero-order chi connectivity index (χ0) is 10.3. The Balaban J connectivity index is 3.19. The predicted octanol–water partition coefficient (Wildman–Crippen LogP) is 4.34. The zero-order valence-corrected chi connectivity index (χ0v) is 10.4. The number of hydrogen-bond donors (Lipinski definition) is 0. The maximum absolute atomic E-state index is 2.29. The Morgan fingerprint density at radius 1 is 0.923 bits per heavy atom. The van der Waals surface area contributed by atoms with Crippen LogP contribution >= 0.6 is 11.3 Å². The van der Waals surface area contributed by atoms with E-state index in [-0.39, 0.29) is 10.8 Å². The average Bonchev–Trinajstić information content (AvgIpc) is 2.27. The van der Waals surface area contributed by atoms with Crippen LogP contribution in [0.25, 0.3) is 0 Å². The van der Waals surface area contributed by atoms with Crippen LogP contribution in [0.4, 0.5) is 0 Å². The Hall–Kier alpha value is -0.300. The van der Waals surface area contributed by atoms with Crippen LogP contribution in [0.3, 0.4) is 0 Å². The molecule has 0 nitrogen and oxygen atoms in total. The topological polar surface area (TPSA) is 0 Å². The minimum Gasteiger partial charge on any atom is -0.148 e. The van der Waals surface area contributed by atoms with Crippen LogP contribution in [0.15, 0.2) is 11.4 Å². The highest BCUT2D eigenvalue weighted by Gasteiger charge is 2.25. The predicted molar refractivity (Wildman–Crippen MR) is 61.7 cm³/mol. The number of thiophene rings is 1. The molecule has 0 radical (unpaired) electrons. The highest BCUT2D eigenvalue weighted by Crippen LogP contribution is 2.37. The summed E-state index contributed by atoms with van der Waals surface area (Å²) in [5.74, 6) is 0. The first-order chi connectivity index (χ1) is 5.73. The monoisotopic (exact) mass is 196 g/mol. The van der Waals surface area contributed by atoms with Crippen LogP contribution < -0.4 is 0 Å². The van der Waals surface area contributed by atoms with Crippen molar-refractivity contribution in [2.75, 3.05) is 0 Å². The van der Waals surface area contributed by atoms with Crippen molar-refractivity contribution in [2.24, 2.45) is 0 Å². The van der Waals surface area contributed by atoms with E-state index in [2.05, 4.69) is 53.0 Å². The second kappa shape index (κ2) is 3.13. The first-order valence-electron chi connectivity index (χ1n) is 4.81. The maximum atomic E-state index is 2.29. The van der Waals surface area contributed by atoms with Gasteiger partial charge in [-0.1, -0.05) is 41.5 Å². The highest BCUT2D eigenvalue weighted by atomic mass is 32.1. The molecule has 1 heterocycles. The van der Waals surface area contributed by atoms with Gasteiger partial charge in [0.25, 0.3) is 0 Å². The molecule has 0 aromatic carbocycles. The van der Waals surface area contributed by atoms with Gasteiger partial charge in [0, 0.05) is 4.88 Å². The summed E-state index contributed by atoms with van der Waals surface area (Å²) in [6.45, 7) is 13.7. The molecule has 0 aliphatic rings. The molecule has 1 heteroatoms.